The first kappa shape index (κ1) is 10.1. The Labute approximate surface area is 85.1 Å². The Kier molecular flexibility index (Phi) is 2.45. The van der Waals surface area contributed by atoms with Crippen molar-refractivity contribution in [3.63, 3.8) is 0 Å². The number of aromatic amines is 1. The van der Waals surface area contributed by atoms with Crippen molar-refractivity contribution in [1.29, 1.82) is 0 Å². The van der Waals surface area contributed by atoms with Gasteiger partial charge < -0.3 is 9.84 Å². The van der Waals surface area contributed by atoms with Crippen LogP contribution in [0, 0.1) is 6.92 Å². The van der Waals surface area contributed by atoms with E-state index >= 15 is 0 Å². The maximum Gasteiger partial charge on any atom is 0.330 e. The molecule has 6 heteroatoms. The highest BCUT2D eigenvalue weighted by molar-refractivity contribution is 5.01. The summed E-state index contributed by atoms with van der Waals surface area (Å²) in [5.41, 5.74) is -0.396. The number of aliphatic hydroxyl groups excluding tert-OH is 1. The molecular weight excluding hydrogens is 200 g/mol. The molecule has 6 nitrogen and oxygen atoms in total. The van der Waals surface area contributed by atoms with Gasteiger partial charge in [0.25, 0.3) is 5.56 Å². The van der Waals surface area contributed by atoms with Crippen molar-refractivity contribution < 1.29 is 9.84 Å². The number of nitrogens with one attached hydrogen (secondary N) is 1. The van der Waals surface area contributed by atoms with Gasteiger partial charge in [0.2, 0.25) is 0 Å². The summed E-state index contributed by atoms with van der Waals surface area (Å²) in [5.74, 6) is 0. The fraction of sp³-hybridized carbons (Fsp3) is 0.556. The molecule has 0 radical (unpaired) electrons. The number of hydrogen-bond acceptors (Lipinski definition) is 4. The summed E-state index contributed by atoms with van der Waals surface area (Å²) in [5, 5.41) is 8.75. The average Bonchev–Trinajstić information content (AvgIpc) is 2.12. The number of aliphatic hydroxyl groups is 1. The van der Waals surface area contributed by atoms with E-state index in [1.165, 1.54) is 10.8 Å². The number of rotatable bonds is 2. The molecule has 1 saturated heterocycles. The second-order valence-electron chi connectivity index (χ2n) is 3.61. The fourth-order valence-corrected chi connectivity index (χ4v) is 1.53. The first-order chi connectivity index (χ1) is 7.11. The molecule has 2 N–H and O–H groups in total. The molecule has 0 unspecified atom stereocenters. The predicted octanol–water partition coefficient (Wildman–Crippen LogP) is -0.875. The van der Waals surface area contributed by atoms with E-state index < -0.39 is 5.69 Å². The fourth-order valence-electron chi connectivity index (χ4n) is 1.53. The van der Waals surface area contributed by atoms with Gasteiger partial charge in [-0.3, -0.25) is 14.3 Å². The van der Waals surface area contributed by atoms with Crippen LogP contribution in [0.1, 0.15) is 18.2 Å². The van der Waals surface area contributed by atoms with Gasteiger partial charge in [0.05, 0.1) is 12.7 Å². The lowest BCUT2D eigenvalue weighted by atomic mass is 10.1. The number of hydrogen-bond donors (Lipinski definition) is 2. The van der Waals surface area contributed by atoms with Crippen LogP contribution in [-0.4, -0.2) is 27.4 Å². The van der Waals surface area contributed by atoms with Gasteiger partial charge >= 0.3 is 5.69 Å². The average molecular weight is 212 g/mol. The molecule has 1 aromatic rings. The molecule has 0 saturated carbocycles. The van der Waals surface area contributed by atoms with Crippen molar-refractivity contribution in [2.45, 2.75) is 25.7 Å². The Morgan fingerprint density at radius 2 is 2.33 bits per heavy atom. The van der Waals surface area contributed by atoms with E-state index in [0.717, 1.165) is 0 Å². The lowest BCUT2D eigenvalue weighted by molar-refractivity contribution is -0.181. The van der Waals surface area contributed by atoms with Crippen LogP contribution in [0.3, 0.4) is 0 Å². The monoisotopic (exact) mass is 212 g/mol. The van der Waals surface area contributed by atoms with Crippen molar-refractivity contribution in [3.05, 3.63) is 32.6 Å². The minimum absolute atomic E-state index is 0.0480. The topological polar surface area (TPSA) is 84.3 Å². The van der Waals surface area contributed by atoms with Gasteiger partial charge in [-0.15, -0.1) is 0 Å². The molecular formula is C9H12N2O4. The number of aryl methyl sites for hydroxylation is 1. The van der Waals surface area contributed by atoms with E-state index in [4.69, 9.17) is 9.84 Å². The van der Waals surface area contributed by atoms with Gasteiger partial charge in [-0.25, -0.2) is 4.79 Å². The molecule has 1 aliphatic rings. The zero-order valence-electron chi connectivity index (χ0n) is 8.27. The highest BCUT2D eigenvalue weighted by Crippen LogP contribution is 2.28. The summed E-state index contributed by atoms with van der Waals surface area (Å²) in [6.45, 7) is 1.57. The van der Waals surface area contributed by atoms with Gasteiger partial charge in [-0.05, 0) is 6.92 Å². The molecule has 2 heterocycles. The Morgan fingerprint density at radius 3 is 2.93 bits per heavy atom. The van der Waals surface area contributed by atoms with Crippen LogP contribution in [0.2, 0.25) is 0 Å². The SMILES string of the molecule is Cc1cn([C@H]2C[C@@H](CO)O2)c(=O)[nH]c1=O. The summed E-state index contributed by atoms with van der Waals surface area (Å²) in [6, 6.07) is 0. The highest BCUT2D eigenvalue weighted by atomic mass is 16.5. The molecule has 82 valence electrons. The molecule has 0 bridgehead atoms. The lowest BCUT2D eigenvalue weighted by Gasteiger charge is -2.35. The van der Waals surface area contributed by atoms with Gasteiger partial charge in [-0.1, -0.05) is 0 Å². The largest absolute Gasteiger partial charge is 0.394 e. The maximum absolute atomic E-state index is 11.4. The summed E-state index contributed by atoms with van der Waals surface area (Å²) in [4.78, 5) is 24.7. The third kappa shape index (κ3) is 1.73. The van der Waals surface area contributed by atoms with Gasteiger partial charge in [-0.2, -0.15) is 0 Å². The van der Waals surface area contributed by atoms with Crippen molar-refractivity contribution in [2.24, 2.45) is 0 Å². The summed E-state index contributed by atoms with van der Waals surface area (Å²) in [7, 11) is 0. The van der Waals surface area contributed by atoms with Crippen LogP contribution in [0.25, 0.3) is 0 Å². The van der Waals surface area contributed by atoms with E-state index in [9.17, 15) is 9.59 Å². The van der Waals surface area contributed by atoms with Crippen molar-refractivity contribution in [2.75, 3.05) is 6.61 Å². The lowest BCUT2D eigenvalue weighted by Crippen LogP contribution is -2.43. The van der Waals surface area contributed by atoms with E-state index in [2.05, 4.69) is 4.98 Å². The smallest absolute Gasteiger partial charge is 0.330 e. The van der Waals surface area contributed by atoms with Crippen LogP contribution >= 0.6 is 0 Å². The zero-order valence-corrected chi connectivity index (χ0v) is 8.27. The second kappa shape index (κ2) is 3.63. The Balaban J connectivity index is 2.27. The number of aromatic nitrogens is 2. The van der Waals surface area contributed by atoms with Crippen LogP contribution in [0.4, 0.5) is 0 Å². The molecule has 0 amide bonds. The number of ether oxygens (including phenoxy) is 1. The molecule has 1 aromatic heterocycles. The van der Waals surface area contributed by atoms with E-state index in [0.29, 0.717) is 12.0 Å². The summed E-state index contributed by atoms with van der Waals surface area (Å²) >= 11 is 0. The van der Waals surface area contributed by atoms with Crippen molar-refractivity contribution in [3.8, 4) is 0 Å². The van der Waals surface area contributed by atoms with Crippen LogP contribution < -0.4 is 11.2 Å². The molecule has 15 heavy (non-hydrogen) atoms. The Morgan fingerprint density at radius 1 is 1.67 bits per heavy atom. The molecule has 2 rings (SSSR count). The van der Waals surface area contributed by atoms with Crippen molar-refractivity contribution in [1.82, 2.24) is 9.55 Å². The van der Waals surface area contributed by atoms with Crippen molar-refractivity contribution >= 4 is 0 Å². The molecule has 0 spiro atoms. The Hall–Kier alpha value is -1.40. The van der Waals surface area contributed by atoms with E-state index in [-0.39, 0.29) is 24.5 Å². The van der Waals surface area contributed by atoms with Crippen LogP contribution in [-0.2, 0) is 4.74 Å². The summed E-state index contributed by atoms with van der Waals surface area (Å²) < 4.78 is 6.58. The standard InChI is InChI=1S/C9H12N2O4/c1-5-3-11(9(14)10-8(5)13)7-2-6(4-12)15-7/h3,6-7,12H,2,4H2,1H3,(H,10,13,14)/t6-,7+/m0/s1. The number of nitrogens with zero attached hydrogens (tertiary/aromatic N) is 1. The van der Waals surface area contributed by atoms with E-state index in [1.807, 2.05) is 0 Å². The van der Waals surface area contributed by atoms with Gasteiger partial charge in [0, 0.05) is 18.2 Å². The summed E-state index contributed by atoms with van der Waals surface area (Å²) in [6.07, 6.45) is 1.49. The molecule has 0 aliphatic carbocycles. The quantitative estimate of drug-likeness (QED) is 0.667. The maximum atomic E-state index is 11.4. The molecule has 2 atom stereocenters. The van der Waals surface area contributed by atoms with Crippen LogP contribution in [0.5, 0.6) is 0 Å². The third-order valence-electron chi connectivity index (χ3n) is 2.47. The zero-order chi connectivity index (χ0) is 11.0. The van der Waals surface area contributed by atoms with Gasteiger partial charge in [0.15, 0.2) is 0 Å². The number of H-pyrrole nitrogens is 1. The minimum Gasteiger partial charge on any atom is -0.394 e. The predicted molar refractivity (Wildman–Crippen MR) is 51.7 cm³/mol. The normalized spacial score (nSPS) is 24.9. The Bertz CT molecular complexity index is 470. The highest BCUT2D eigenvalue weighted by Gasteiger charge is 2.31. The minimum atomic E-state index is -0.480. The first-order valence-electron chi connectivity index (χ1n) is 4.70. The second-order valence-corrected chi connectivity index (χ2v) is 3.61. The third-order valence-corrected chi connectivity index (χ3v) is 2.47. The first-order valence-corrected chi connectivity index (χ1v) is 4.70. The van der Waals surface area contributed by atoms with Gasteiger partial charge in [0.1, 0.15) is 6.23 Å². The van der Waals surface area contributed by atoms with E-state index in [1.54, 1.807) is 6.92 Å². The van der Waals surface area contributed by atoms with Crippen LogP contribution in [0.15, 0.2) is 15.8 Å². The molecule has 1 fully saturated rings. The molecule has 1 aliphatic heterocycles. The molecule has 0 aromatic carbocycles.